The average Bonchev–Trinajstić information content (AvgIpc) is 2.05. The van der Waals surface area contributed by atoms with Gasteiger partial charge in [-0.3, -0.25) is 0 Å². The predicted octanol–water partition coefficient (Wildman–Crippen LogP) is 3.71. The van der Waals surface area contributed by atoms with Gasteiger partial charge in [-0.1, -0.05) is 37.2 Å². The molecular formula is C11H12ClFSi. The van der Waals surface area contributed by atoms with Gasteiger partial charge in [0.25, 0.3) is 0 Å². The molecule has 0 fully saturated rings. The molecule has 0 aliphatic heterocycles. The molecule has 14 heavy (non-hydrogen) atoms. The molecule has 3 heteroatoms. The van der Waals surface area contributed by atoms with Crippen LogP contribution >= 0.6 is 11.6 Å². The summed E-state index contributed by atoms with van der Waals surface area (Å²) in [5, 5.41) is 0.520. The third-order valence-electron chi connectivity index (χ3n) is 1.50. The van der Waals surface area contributed by atoms with Crippen molar-refractivity contribution in [1.29, 1.82) is 0 Å². The fourth-order valence-corrected chi connectivity index (χ4v) is 1.53. The molecule has 0 atom stereocenters. The molecule has 1 aromatic carbocycles. The van der Waals surface area contributed by atoms with Gasteiger partial charge in [0.2, 0.25) is 0 Å². The first-order valence-corrected chi connectivity index (χ1v) is 8.24. The van der Waals surface area contributed by atoms with Gasteiger partial charge in [-0.15, -0.1) is 5.54 Å². The molecule has 0 bridgehead atoms. The summed E-state index contributed by atoms with van der Waals surface area (Å²) < 4.78 is 13.2. The quantitative estimate of drug-likeness (QED) is 0.467. The van der Waals surface area contributed by atoms with Crippen LogP contribution in [-0.4, -0.2) is 8.07 Å². The van der Waals surface area contributed by atoms with Gasteiger partial charge in [0.1, 0.15) is 13.9 Å². The van der Waals surface area contributed by atoms with E-state index < -0.39 is 8.07 Å². The maximum atomic E-state index is 13.2. The minimum atomic E-state index is -1.45. The van der Waals surface area contributed by atoms with E-state index in [-0.39, 0.29) is 5.82 Å². The molecule has 0 saturated heterocycles. The lowest BCUT2D eigenvalue weighted by Gasteiger charge is -2.03. The van der Waals surface area contributed by atoms with E-state index >= 15 is 0 Å². The van der Waals surface area contributed by atoms with Gasteiger partial charge in [-0.25, -0.2) is 4.39 Å². The Kier molecular flexibility index (Phi) is 3.36. The van der Waals surface area contributed by atoms with Crippen molar-refractivity contribution in [2.75, 3.05) is 0 Å². The first kappa shape index (κ1) is 11.3. The Hall–Kier alpha value is -0.783. The molecule has 0 amide bonds. The van der Waals surface area contributed by atoms with Crippen molar-refractivity contribution in [1.82, 2.24) is 0 Å². The van der Waals surface area contributed by atoms with Crippen molar-refractivity contribution >= 4 is 19.7 Å². The largest absolute Gasteiger partial charge is 0.206 e. The molecule has 0 spiro atoms. The molecule has 0 aromatic heterocycles. The van der Waals surface area contributed by atoms with Crippen molar-refractivity contribution in [3.8, 4) is 11.5 Å². The molecule has 1 rings (SSSR count). The summed E-state index contributed by atoms with van der Waals surface area (Å²) in [6.45, 7) is 6.34. The van der Waals surface area contributed by atoms with Crippen LogP contribution in [0.15, 0.2) is 18.2 Å². The minimum absolute atomic E-state index is 0.305. The normalized spacial score (nSPS) is 10.6. The Morgan fingerprint density at radius 1 is 1.29 bits per heavy atom. The molecule has 0 aliphatic rings. The van der Waals surface area contributed by atoms with Crippen LogP contribution in [0, 0.1) is 17.3 Å². The number of rotatable bonds is 0. The van der Waals surface area contributed by atoms with Crippen molar-refractivity contribution in [3.05, 3.63) is 34.6 Å². The van der Waals surface area contributed by atoms with E-state index in [4.69, 9.17) is 11.6 Å². The van der Waals surface area contributed by atoms with E-state index in [0.717, 1.165) is 0 Å². The monoisotopic (exact) mass is 226 g/mol. The minimum Gasteiger partial charge on any atom is -0.206 e. The highest BCUT2D eigenvalue weighted by molar-refractivity contribution is 6.83. The third kappa shape index (κ3) is 3.53. The molecular weight excluding hydrogens is 215 g/mol. The smallest absolute Gasteiger partial charge is 0.138 e. The van der Waals surface area contributed by atoms with Gasteiger partial charge in [0, 0.05) is 5.02 Å². The first-order valence-electron chi connectivity index (χ1n) is 4.37. The van der Waals surface area contributed by atoms with E-state index in [0.29, 0.717) is 10.6 Å². The first-order chi connectivity index (χ1) is 6.38. The summed E-state index contributed by atoms with van der Waals surface area (Å²) in [5.41, 5.74) is 3.49. The summed E-state index contributed by atoms with van der Waals surface area (Å²) in [6.07, 6.45) is 0. The Bertz CT molecular complexity index is 396. The van der Waals surface area contributed by atoms with E-state index in [2.05, 4.69) is 31.1 Å². The van der Waals surface area contributed by atoms with Crippen LogP contribution in [0.1, 0.15) is 5.56 Å². The molecule has 0 aliphatic carbocycles. The summed E-state index contributed by atoms with van der Waals surface area (Å²) >= 11 is 5.74. The van der Waals surface area contributed by atoms with Crippen LogP contribution in [-0.2, 0) is 0 Å². The van der Waals surface area contributed by atoms with Crippen LogP contribution in [0.5, 0.6) is 0 Å². The molecule has 0 unspecified atom stereocenters. The lowest BCUT2D eigenvalue weighted by molar-refractivity contribution is 0.624. The van der Waals surface area contributed by atoms with Crippen LogP contribution in [0.4, 0.5) is 4.39 Å². The molecule has 0 saturated carbocycles. The van der Waals surface area contributed by atoms with Gasteiger partial charge in [-0.05, 0) is 18.2 Å². The van der Waals surface area contributed by atoms with Crippen molar-refractivity contribution in [2.24, 2.45) is 0 Å². The number of hydrogen-bond acceptors (Lipinski definition) is 0. The molecule has 0 radical (unpaired) electrons. The zero-order chi connectivity index (χ0) is 10.8. The van der Waals surface area contributed by atoms with Crippen molar-refractivity contribution in [3.63, 3.8) is 0 Å². The summed E-state index contributed by atoms with van der Waals surface area (Å²) in [6, 6.07) is 4.43. The highest BCUT2D eigenvalue weighted by Crippen LogP contribution is 2.14. The molecule has 74 valence electrons. The second-order valence-corrected chi connectivity index (χ2v) is 9.31. The van der Waals surface area contributed by atoms with Gasteiger partial charge < -0.3 is 0 Å². The highest BCUT2D eigenvalue weighted by atomic mass is 35.5. The van der Waals surface area contributed by atoms with Crippen molar-refractivity contribution < 1.29 is 4.39 Å². The Morgan fingerprint density at radius 2 is 1.93 bits per heavy atom. The highest BCUT2D eigenvalue weighted by Gasteiger charge is 2.08. The molecule has 0 heterocycles. The third-order valence-corrected chi connectivity index (χ3v) is 2.61. The standard InChI is InChI=1S/C11H12ClFSi/c1-14(2,3)7-6-9-8-10(12)4-5-11(9)13/h4-5,8H,1-3H3. The van der Waals surface area contributed by atoms with Gasteiger partial charge >= 0.3 is 0 Å². The molecule has 0 nitrogen and oxygen atoms in total. The number of benzene rings is 1. The predicted molar refractivity (Wildman–Crippen MR) is 61.6 cm³/mol. The topological polar surface area (TPSA) is 0 Å². The second-order valence-electron chi connectivity index (χ2n) is 4.12. The summed E-state index contributed by atoms with van der Waals surface area (Å²) in [5.74, 6) is 2.54. The Morgan fingerprint density at radius 3 is 2.50 bits per heavy atom. The lowest BCUT2D eigenvalue weighted by Crippen LogP contribution is -2.16. The van der Waals surface area contributed by atoms with Crippen LogP contribution in [0.25, 0.3) is 0 Å². The van der Waals surface area contributed by atoms with E-state index in [1.165, 1.54) is 12.1 Å². The van der Waals surface area contributed by atoms with Gasteiger partial charge in [0.15, 0.2) is 0 Å². The Labute approximate surface area is 90.1 Å². The van der Waals surface area contributed by atoms with Gasteiger partial charge in [-0.2, -0.15) is 0 Å². The van der Waals surface area contributed by atoms with Crippen LogP contribution in [0.2, 0.25) is 24.7 Å². The average molecular weight is 227 g/mol. The SMILES string of the molecule is C[Si](C)(C)C#Cc1cc(Cl)ccc1F. The fourth-order valence-electron chi connectivity index (χ4n) is 0.848. The molecule has 1 aromatic rings. The fraction of sp³-hybridized carbons (Fsp3) is 0.273. The van der Waals surface area contributed by atoms with Crippen molar-refractivity contribution in [2.45, 2.75) is 19.6 Å². The number of halogens is 2. The van der Waals surface area contributed by atoms with Crippen LogP contribution < -0.4 is 0 Å². The second kappa shape index (κ2) is 4.16. The summed E-state index contributed by atoms with van der Waals surface area (Å²) in [4.78, 5) is 0. The van der Waals surface area contributed by atoms with Gasteiger partial charge in [0.05, 0.1) is 5.56 Å². The zero-order valence-corrected chi connectivity index (χ0v) is 10.2. The molecule has 0 N–H and O–H groups in total. The van der Waals surface area contributed by atoms with E-state index in [1.54, 1.807) is 6.07 Å². The summed E-state index contributed by atoms with van der Waals surface area (Å²) in [7, 11) is -1.45. The maximum Gasteiger partial charge on any atom is 0.138 e. The van der Waals surface area contributed by atoms with E-state index in [1.807, 2.05) is 0 Å². The zero-order valence-electron chi connectivity index (χ0n) is 8.49. The lowest BCUT2D eigenvalue weighted by atomic mass is 10.2. The van der Waals surface area contributed by atoms with Crippen LogP contribution in [0.3, 0.4) is 0 Å². The van der Waals surface area contributed by atoms with E-state index in [9.17, 15) is 4.39 Å². The Balaban J connectivity index is 3.06. The maximum absolute atomic E-state index is 13.2. The number of hydrogen-bond donors (Lipinski definition) is 0.